The van der Waals surface area contributed by atoms with E-state index in [1.165, 1.54) is 36.9 Å². The number of anilines is 2. The number of rotatable bonds is 0. The van der Waals surface area contributed by atoms with Crippen LogP contribution in [0.1, 0.15) is 31.2 Å². The quantitative estimate of drug-likeness (QED) is 0.617. The van der Waals surface area contributed by atoms with Gasteiger partial charge in [0.15, 0.2) is 0 Å². The second-order valence-electron chi connectivity index (χ2n) is 3.96. The Bertz CT molecular complexity index is 307. The van der Waals surface area contributed by atoms with Gasteiger partial charge in [-0.2, -0.15) is 0 Å². The van der Waals surface area contributed by atoms with Gasteiger partial charge in [0.2, 0.25) is 0 Å². The Morgan fingerprint density at radius 1 is 1.07 bits per heavy atom. The first-order chi connectivity index (χ1) is 6.88. The highest BCUT2D eigenvalue weighted by atomic mass is 14.9. The van der Waals surface area contributed by atoms with E-state index in [9.17, 15) is 0 Å². The number of nitrogens with one attached hydrogen (secondary N) is 1. The summed E-state index contributed by atoms with van der Waals surface area (Å²) < 4.78 is 0. The lowest BCUT2D eigenvalue weighted by Crippen LogP contribution is -2.04. The first-order valence-electron chi connectivity index (χ1n) is 5.49. The summed E-state index contributed by atoms with van der Waals surface area (Å²) in [5.41, 5.74) is 9.47. The first kappa shape index (κ1) is 9.38. The molecule has 3 N–H and O–H groups in total. The molecule has 0 radical (unpaired) electrons. The van der Waals surface area contributed by atoms with Gasteiger partial charge >= 0.3 is 0 Å². The highest BCUT2D eigenvalue weighted by molar-refractivity contribution is 5.63. The lowest BCUT2D eigenvalue weighted by molar-refractivity contribution is 0.663. The van der Waals surface area contributed by atoms with Gasteiger partial charge in [0.05, 0.1) is 0 Å². The maximum atomic E-state index is 5.97. The van der Waals surface area contributed by atoms with Gasteiger partial charge in [-0.15, -0.1) is 0 Å². The molecule has 0 atom stereocenters. The Balaban J connectivity index is 2.26. The standard InChI is InChI=1S/C12H18N2/c13-11-7-5-8-12-10(11)6-3-1-2-4-9-14-12/h5,7-8,14H,1-4,6,9,13H2. The molecule has 1 aromatic rings. The Kier molecular flexibility index (Phi) is 2.92. The van der Waals surface area contributed by atoms with E-state index in [1.807, 2.05) is 12.1 Å². The van der Waals surface area contributed by atoms with E-state index in [1.54, 1.807) is 0 Å². The van der Waals surface area contributed by atoms with Crippen molar-refractivity contribution < 1.29 is 0 Å². The Morgan fingerprint density at radius 2 is 1.93 bits per heavy atom. The van der Waals surface area contributed by atoms with Crippen molar-refractivity contribution in [2.24, 2.45) is 0 Å². The van der Waals surface area contributed by atoms with E-state index >= 15 is 0 Å². The van der Waals surface area contributed by atoms with Gasteiger partial charge in [-0.05, 0) is 37.0 Å². The molecule has 2 rings (SSSR count). The zero-order valence-electron chi connectivity index (χ0n) is 8.55. The summed E-state index contributed by atoms with van der Waals surface area (Å²) in [7, 11) is 0. The lowest BCUT2D eigenvalue weighted by atomic mass is 10.0. The fraction of sp³-hybridized carbons (Fsp3) is 0.500. The summed E-state index contributed by atoms with van der Waals surface area (Å²) in [6, 6.07) is 6.16. The number of benzene rings is 1. The van der Waals surface area contributed by atoms with Crippen molar-refractivity contribution in [2.75, 3.05) is 17.6 Å². The van der Waals surface area contributed by atoms with Crippen molar-refractivity contribution in [1.29, 1.82) is 0 Å². The Morgan fingerprint density at radius 3 is 2.86 bits per heavy atom. The van der Waals surface area contributed by atoms with Gasteiger partial charge < -0.3 is 11.1 Å². The molecule has 0 bridgehead atoms. The molecule has 0 fully saturated rings. The zero-order chi connectivity index (χ0) is 9.80. The number of hydrogen-bond donors (Lipinski definition) is 2. The van der Waals surface area contributed by atoms with Crippen molar-refractivity contribution in [3.05, 3.63) is 23.8 Å². The third-order valence-corrected chi connectivity index (χ3v) is 2.88. The molecule has 0 saturated carbocycles. The van der Waals surface area contributed by atoms with Gasteiger partial charge in [0.1, 0.15) is 0 Å². The van der Waals surface area contributed by atoms with Crippen LogP contribution in [0.25, 0.3) is 0 Å². The molecule has 0 aliphatic carbocycles. The van der Waals surface area contributed by atoms with Crippen LogP contribution in [0, 0.1) is 0 Å². The van der Waals surface area contributed by atoms with Crippen molar-refractivity contribution in [2.45, 2.75) is 32.1 Å². The van der Waals surface area contributed by atoms with Crippen LogP contribution in [0.3, 0.4) is 0 Å². The van der Waals surface area contributed by atoms with Crippen LogP contribution in [0.4, 0.5) is 11.4 Å². The van der Waals surface area contributed by atoms with Crippen molar-refractivity contribution in [3.63, 3.8) is 0 Å². The normalized spacial score (nSPS) is 17.1. The summed E-state index contributed by atoms with van der Waals surface area (Å²) in [6.07, 6.45) is 6.32. The van der Waals surface area contributed by atoms with Crippen molar-refractivity contribution in [1.82, 2.24) is 0 Å². The molecule has 14 heavy (non-hydrogen) atoms. The van der Waals surface area contributed by atoms with E-state index in [0.29, 0.717) is 0 Å². The molecule has 0 aromatic heterocycles. The van der Waals surface area contributed by atoms with Crippen LogP contribution < -0.4 is 11.1 Å². The smallest absolute Gasteiger partial charge is 0.0393 e. The van der Waals surface area contributed by atoms with Gasteiger partial charge in [0, 0.05) is 17.9 Å². The zero-order valence-corrected chi connectivity index (χ0v) is 8.55. The Hall–Kier alpha value is -1.18. The predicted molar refractivity (Wildman–Crippen MR) is 61.5 cm³/mol. The molecule has 0 unspecified atom stereocenters. The topological polar surface area (TPSA) is 38.0 Å². The second kappa shape index (κ2) is 4.36. The molecule has 1 aliphatic heterocycles. The fourth-order valence-corrected chi connectivity index (χ4v) is 2.05. The second-order valence-corrected chi connectivity index (χ2v) is 3.96. The molecule has 1 aromatic carbocycles. The van der Waals surface area contributed by atoms with E-state index < -0.39 is 0 Å². The van der Waals surface area contributed by atoms with E-state index in [2.05, 4.69) is 11.4 Å². The maximum Gasteiger partial charge on any atom is 0.0393 e. The molecule has 1 heterocycles. The number of hydrogen-bond acceptors (Lipinski definition) is 2. The van der Waals surface area contributed by atoms with Crippen LogP contribution in [0.5, 0.6) is 0 Å². The molecule has 0 amide bonds. The van der Waals surface area contributed by atoms with Crippen molar-refractivity contribution in [3.8, 4) is 0 Å². The predicted octanol–water partition coefficient (Wildman–Crippen LogP) is 2.80. The van der Waals surface area contributed by atoms with E-state index in [-0.39, 0.29) is 0 Å². The average Bonchev–Trinajstić information content (AvgIpc) is 2.30. The highest BCUT2D eigenvalue weighted by Gasteiger charge is 2.07. The lowest BCUT2D eigenvalue weighted by Gasteiger charge is -2.12. The summed E-state index contributed by atoms with van der Waals surface area (Å²) in [4.78, 5) is 0. The molecular weight excluding hydrogens is 172 g/mol. The molecule has 0 saturated heterocycles. The summed E-state index contributed by atoms with van der Waals surface area (Å²) in [6.45, 7) is 1.08. The largest absolute Gasteiger partial charge is 0.398 e. The molecule has 2 heteroatoms. The number of fused-ring (bicyclic) bond motifs is 1. The van der Waals surface area contributed by atoms with E-state index in [0.717, 1.165) is 18.7 Å². The third kappa shape index (κ3) is 2.00. The van der Waals surface area contributed by atoms with E-state index in [4.69, 9.17) is 5.73 Å². The van der Waals surface area contributed by atoms with Gasteiger partial charge in [-0.25, -0.2) is 0 Å². The average molecular weight is 190 g/mol. The number of nitrogen functional groups attached to an aromatic ring is 1. The molecular formula is C12H18N2. The summed E-state index contributed by atoms with van der Waals surface area (Å²) in [5.74, 6) is 0. The summed E-state index contributed by atoms with van der Waals surface area (Å²) >= 11 is 0. The minimum atomic E-state index is 0.942. The minimum Gasteiger partial charge on any atom is -0.398 e. The van der Waals surface area contributed by atoms with Crippen LogP contribution in [0.15, 0.2) is 18.2 Å². The SMILES string of the molecule is Nc1cccc2c1CCCCCCN2. The monoisotopic (exact) mass is 190 g/mol. The Labute approximate surface area is 85.5 Å². The van der Waals surface area contributed by atoms with Crippen LogP contribution >= 0.6 is 0 Å². The maximum absolute atomic E-state index is 5.97. The highest BCUT2D eigenvalue weighted by Crippen LogP contribution is 2.25. The van der Waals surface area contributed by atoms with Crippen LogP contribution in [-0.4, -0.2) is 6.54 Å². The summed E-state index contributed by atoms with van der Waals surface area (Å²) in [5, 5.41) is 3.47. The van der Waals surface area contributed by atoms with Crippen molar-refractivity contribution >= 4 is 11.4 Å². The van der Waals surface area contributed by atoms with Gasteiger partial charge in [-0.3, -0.25) is 0 Å². The first-order valence-corrected chi connectivity index (χ1v) is 5.49. The molecule has 1 aliphatic rings. The molecule has 76 valence electrons. The molecule has 0 spiro atoms. The van der Waals surface area contributed by atoms with Crippen LogP contribution in [0.2, 0.25) is 0 Å². The van der Waals surface area contributed by atoms with Gasteiger partial charge in [-0.1, -0.05) is 18.9 Å². The number of nitrogens with two attached hydrogens (primary N) is 1. The molecule has 2 nitrogen and oxygen atoms in total. The van der Waals surface area contributed by atoms with Gasteiger partial charge in [0.25, 0.3) is 0 Å². The minimum absolute atomic E-state index is 0.942. The van der Waals surface area contributed by atoms with Crippen LogP contribution in [-0.2, 0) is 6.42 Å². The fourth-order valence-electron chi connectivity index (χ4n) is 2.05. The third-order valence-electron chi connectivity index (χ3n) is 2.88.